The van der Waals surface area contributed by atoms with Crippen molar-refractivity contribution in [3.8, 4) is 0 Å². The van der Waals surface area contributed by atoms with Crippen molar-refractivity contribution in [1.29, 1.82) is 0 Å². The Morgan fingerprint density at radius 2 is 2.00 bits per heavy atom. The number of aromatic nitrogens is 2. The van der Waals surface area contributed by atoms with Gasteiger partial charge in [-0.1, -0.05) is 6.07 Å². The molecule has 6 nitrogen and oxygen atoms in total. The minimum Gasteiger partial charge on any atom is -0.399 e. The van der Waals surface area contributed by atoms with Gasteiger partial charge in [-0.2, -0.15) is 0 Å². The van der Waals surface area contributed by atoms with Crippen molar-refractivity contribution in [1.82, 2.24) is 9.97 Å². The molecule has 0 aliphatic rings. The number of nitrogen functional groups attached to an aromatic ring is 1. The number of nitrogens with zero attached hydrogens (tertiary/aromatic N) is 2. The Labute approximate surface area is 133 Å². The lowest BCUT2D eigenvalue weighted by Gasteiger charge is -2.11. The van der Waals surface area contributed by atoms with Crippen molar-refractivity contribution in [3.05, 3.63) is 39.2 Å². The number of benzene rings is 1. The molecule has 0 fully saturated rings. The molecule has 1 aromatic heterocycles. The summed E-state index contributed by atoms with van der Waals surface area (Å²) in [5.74, 6) is 0.107. The maximum Gasteiger partial charge on any atom is 0.263 e. The fraction of sp³-hybridized carbons (Fsp3) is 0.0909. The van der Waals surface area contributed by atoms with Gasteiger partial charge in [-0.25, -0.2) is 18.4 Å². The maximum atomic E-state index is 12.3. The van der Waals surface area contributed by atoms with Gasteiger partial charge in [0.2, 0.25) is 0 Å². The van der Waals surface area contributed by atoms with E-state index in [1.165, 1.54) is 12.3 Å². The SMILES string of the molecule is Cc1ccc(N)cc1S(=O)(=O)Nc1ncc(Br)nc1Br. The summed E-state index contributed by atoms with van der Waals surface area (Å²) in [5, 5.41) is 0. The Kier molecular flexibility index (Phi) is 4.31. The molecule has 0 amide bonds. The molecule has 2 rings (SSSR count). The van der Waals surface area contributed by atoms with Crippen molar-refractivity contribution in [2.24, 2.45) is 0 Å². The summed E-state index contributed by atoms with van der Waals surface area (Å²) in [6.45, 7) is 1.69. The third kappa shape index (κ3) is 3.28. The van der Waals surface area contributed by atoms with Gasteiger partial charge in [0, 0.05) is 5.69 Å². The zero-order valence-corrected chi connectivity index (χ0v) is 14.3. The second-order valence-corrected chi connectivity index (χ2v) is 7.18. The average Bonchev–Trinajstić information content (AvgIpc) is 2.35. The van der Waals surface area contributed by atoms with Gasteiger partial charge in [-0.15, -0.1) is 0 Å². The zero-order chi connectivity index (χ0) is 14.9. The number of aryl methyl sites for hydroxylation is 1. The van der Waals surface area contributed by atoms with Crippen LogP contribution >= 0.6 is 31.9 Å². The van der Waals surface area contributed by atoms with E-state index in [9.17, 15) is 8.42 Å². The summed E-state index contributed by atoms with van der Waals surface area (Å²) in [7, 11) is -3.78. The molecule has 0 bridgehead atoms. The Morgan fingerprint density at radius 3 is 2.65 bits per heavy atom. The minimum atomic E-state index is -3.78. The number of hydrogen-bond acceptors (Lipinski definition) is 5. The van der Waals surface area contributed by atoms with Crippen molar-refractivity contribution in [2.45, 2.75) is 11.8 Å². The lowest BCUT2D eigenvalue weighted by Crippen LogP contribution is -2.16. The van der Waals surface area contributed by atoms with E-state index >= 15 is 0 Å². The Morgan fingerprint density at radius 1 is 1.30 bits per heavy atom. The van der Waals surface area contributed by atoms with Crippen LogP contribution in [0, 0.1) is 6.92 Å². The van der Waals surface area contributed by atoms with E-state index in [1.54, 1.807) is 19.1 Å². The predicted octanol–water partition coefficient (Wildman–Crippen LogP) is 2.69. The maximum absolute atomic E-state index is 12.3. The molecule has 0 atom stereocenters. The predicted molar refractivity (Wildman–Crippen MR) is 83.8 cm³/mol. The topological polar surface area (TPSA) is 98.0 Å². The molecule has 20 heavy (non-hydrogen) atoms. The average molecular weight is 422 g/mol. The van der Waals surface area contributed by atoms with Crippen molar-refractivity contribution in [3.63, 3.8) is 0 Å². The van der Waals surface area contributed by atoms with Crippen LogP contribution in [0.5, 0.6) is 0 Å². The summed E-state index contributed by atoms with van der Waals surface area (Å²) in [6.07, 6.45) is 1.40. The molecule has 2 aromatic rings. The standard InChI is InChI=1S/C11H10Br2N4O2S/c1-6-2-3-7(14)4-8(6)20(18,19)17-11-10(13)16-9(12)5-15-11/h2-5H,14H2,1H3,(H,15,17). The van der Waals surface area contributed by atoms with E-state index in [2.05, 4.69) is 46.5 Å². The molecule has 0 unspecified atom stereocenters. The number of rotatable bonds is 3. The molecule has 0 aliphatic carbocycles. The first-order valence-corrected chi connectivity index (χ1v) is 8.43. The Bertz CT molecular complexity index is 765. The third-order valence-electron chi connectivity index (χ3n) is 2.43. The Hall–Kier alpha value is -1.19. The van der Waals surface area contributed by atoms with Crippen LogP contribution in [0.25, 0.3) is 0 Å². The summed E-state index contributed by atoms with van der Waals surface area (Å²) in [4.78, 5) is 8.08. The molecule has 106 valence electrons. The number of nitrogens with two attached hydrogens (primary N) is 1. The molecule has 9 heteroatoms. The van der Waals surface area contributed by atoms with Crippen LogP contribution in [0.1, 0.15) is 5.56 Å². The van der Waals surface area contributed by atoms with Crippen LogP contribution in [-0.2, 0) is 10.0 Å². The van der Waals surface area contributed by atoms with Crippen LogP contribution in [0.2, 0.25) is 0 Å². The summed E-state index contributed by atoms with van der Waals surface area (Å²) >= 11 is 6.29. The first kappa shape index (κ1) is 15.2. The smallest absolute Gasteiger partial charge is 0.263 e. The number of sulfonamides is 1. The second kappa shape index (κ2) is 5.66. The minimum absolute atomic E-state index is 0.106. The van der Waals surface area contributed by atoms with Crippen molar-refractivity contribution in [2.75, 3.05) is 10.5 Å². The zero-order valence-electron chi connectivity index (χ0n) is 10.3. The van der Waals surface area contributed by atoms with Crippen LogP contribution in [0.4, 0.5) is 11.5 Å². The van der Waals surface area contributed by atoms with Gasteiger partial charge >= 0.3 is 0 Å². The summed E-state index contributed by atoms with van der Waals surface area (Å²) in [5.41, 5.74) is 6.59. The molecular formula is C11H10Br2N4O2S. The van der Waals surface area contributed by atoms with E-state index < -0.39 is 10.0 Å². The first-order valence-electron chi connectivity index (χ1n) is 5.36. The van der Waals surface area contributed by atoms with Gasteiger partial charge in [0.1, 0.15) is 4.60 Å². The van der Waals surface area contributed by atoms with Gasteiger partial charge < -0.3 is 5.73 Å². The highest BCUT2D eigenvalue weighted by Crippen LogP contribution is 2.25. The molecule has 0 aliphatic heterocycles. The molecule has 1 aromatic carbocycles. The van der Waals surface area contributed by atoms with Crippen LogP contribution in [-0.4, -0.2) is 18.4 Å². The number of anilines is 2. The van der Waals surface area contributed by atoms with E-state index in [0.29, 0.717) is 15.9 Å². The number of hydrogen-bond donors (Lipinski definition) is 2. The van der Waals surface area contributed by atoms with Gasteiger partial charge in [-0.3, -0.25) is 4.72 Å². The fourth-order valence-electron chi connectivity index (χ4n) is 1.50. The molecule has 0 saturated carbocycles. The Balaban J connectivity index is 2.43. The van der Waals surface area contributed by atoms with Crippen molar-refractivity contribution >= 4 is 53.4 Å². The van der Waals surface area contributed by atoms with Crippen LogP contribution < -0.4 is 10.5 Å². The highest BCUT2D eigenvalue weighted by atomic mass is 79.9. The summed E-state index contributed by atoms with van der Waals surface area (Å²) in [6, 6.07) is 4.69. The van der Waals surface area contributed by atoms with E-state index in [1.807, 2.05) is 0 Å². The number of nitrogens with one attached hydrogen (secondary N) is 1. The van der Waals surface area contributed by atoms with Crippen molar-refractivity contribution < 1.29 is 8.42 Å². The van der Waals surface area contributed by atoms with Gasteiger partial charge in [0.25, 0.3) is 10.0 Å². The fourth-order valence-corrected chi connectivity index (χ4v) is 3.84. The molecule has 1 heterocycles. The van der Waals surface area contributed by atoms with Crippen LogP contribution in [0.15, 0.2) is 38.5 Å². The second-order valence-electron chi connectivity index (χ2n) is 3.96. The van der Waals surface area contributed by atoms with E-state index in [0.717, 1.165) is 0 Å². The normalized spacial score (nSPS) is 11.3. The van der Waals surface area contributed by atoms with E-state index in [-0.39, 0.29) is 15.3 Å². The third-order valence-corrected chi connectivity index (χ3v) is 4.85. The monoisotopic (exact) mass is 420 g/mol. The highest BCUT2D eigenvalue weighted by Gasteiger charge is 2.19. The van der Waals surface area contributed by atoms with Gasteiger partial charge in [-0.05, 0) is 56.5 Å². The highest BCUT2D eigenvalue weighted by molar-refractivity contribution is 9.11. The first-order chi connectivity index (χ1) is 9.29. The molecule has 0 spiro atoms. The molecule has 0 radical (unpaired) electrons. The lowest BCUT2D eigenvalue weighted by atomic mass is 10.2. The largest absolute Gasteiger partial charge is 0.399 e. The van der Waals surface area contributed by atoms with Gasteiger partial charge in [0.15, 0.2) is 10.4 Å². The van der Waals surface area contributed by atoms with Gasteiger partial charge in [0.05, 0.1) is 11.1 Å². The molecule has 0 saturated heterocycles. The van der Waals surface area contributed by atoms with E-state index in [4.69, 9.17) is 5.73 Å². The lowest BCUT2D eigenvalue weighted by molar-refractivity contribution is 0.600. The van der Waals surface area contributed by atoms with Crippen LogP contribution in [0.3, 0.4) is 0 Å². The number of halogens is 2. The summed E-state index contributed by atoms with van der Waals surface area (Å²) < 4.78 is 27.8. The molecule has 3 N–H and O–H groups in total. The molecular weight excluding hydrogens is 412 g/mol. The quantitative estimate of drug-likeness (QED) is 0.742.